The number of aryl methyl sites for hydroxylation is 2. The lowest BCUT2D eigenvalue weighted by Gasteiger charge is -2.23. The van der Waals surface area contributed by atoms with Crippen molar-refractivity contribution in [1.29, 1.82) is 0 Å². The SMILES string of the molecule is CCc1nc2cc(CC3COCCN3)ccc2n1C. The number of aromatic nitrogens is 2. The predicted molar refractivity (Wildman–Crippen MR) is 76.4 cm³/mol. The monoisotopic (exact) mass is 259 g/mol. The summed E-state index contributed by atoms with van der Waals surface area (Å²) in [7, 11) is 2.09. The van der Waals surface area contributed by atoms with Crippen molar-refractivity contribution in [2.24, 2.45) is 7.05 Å². The van der Waals surface area contributed by atoms with E-state index in [-0.39, 0.29) is 0 Å². The Labute approximate surface area is 113 Å². The molecule has 1 saturated heterocycles. The molecule has 4 heteroatoms. The molecule has 1 aromatic heterocycles. The van der Waals surface area contributed by atoms with Crippen LogP contribution in [0.15, 0.2) is 18.2 Å². The number of nitrogens with zero attached hydrogens (tertiary/aromatic N) is 2. The van der Waals surface area contributed by atoms with Crippen molar-refractivity contribution in [2.75, 3.05) is 19.8 Å². The molecule has 1 aliphatic heterocycles. The van der Waals surface area contributed by atoms with Crippen LogP contribution in [0, 0.1) is 0 Å². The van der Waals surface area contributed by atoms with Crippen LogP contribution in [0.3, 0.4) is 0 Å². The third-order valence-electron chi connectivity index (χ3n) is 3.83. The first-order valence-electron chi connectivity index (χ1n) is 7.03. The van der Waals surface area contributed by atoms with Gasteiger partial charge in [-0.25, -0.2) is 4.98 Å². The van der Waals surface area contributed by atoms with E-state index in [1.807, 2.05) is 0 Å². The van der Waals surface area contributed by atoms with Gasteiger partial charge in [-0.05, 0) is 24.1 Å². The van der Waals surface area contributed by atoms with Gasteiger partial charge in [0.25, 0.3) is 0 Å². The summed E-state index contributed by atoms with van der Waals surface area (Å²) in [6.07, 6.45) is 1.98. The minimum Gasteiger partial charge on any atom is -0.379 e. The molecule has 0 radical (unpaired) electrons. The highest BCUT2D eigenvalue weighted by Crippen LogP contribution is 2.18. The zero-order valence-corrected chi connectivity index (χ0v) is 11.6. The molecule has 1 N–H and O–H groups in total. The molecular formula is C15H21N3O. The fourth-order valence-corrected chi connectivity index (χ4v) is 2.77. The molecule has 19 heavy (non-hydrogen) atoms. The van der Waals surface area contributed by atoms with Gasteiger partial charge < -0.3 is 14.6 Å². The zero-order valence-electron chi connectivity index (χ0n) is 11.6. The first-order chi connectivity index (χ1) is 9.28. The normalized spacial score (nSPS) is 20.0. The maximum Gasteiger partial charge on any atom is 0.109 e. The molecule has 1 aliphatic rings. The number of hydrogen-bond acceptors (Lipinski definition) is 3. The largest absolute Gasteiger partial charge is 0.379 e. The fraction of sp³-hybridized carbons (Fsp3) is 0.533. The number of fused-ring (bicyclic) bond motifs is 1. The fourth-order valence-electron chi connectivity index (χ4n) is 2.77. The van der Waals surface area contributed by atoms with Crippen molar-refractivity contribution in [3.63, 3.8) is 0 Å². The van der Waals surface area contributed by atoms with Crippen molar-refractivity contribution in [1.82, 2.24) is 14.9 Å². The summed E-state index contributed by atoms with van der Waals surface area (Å²) >= 11 is 0. The van der Waals surface area contributed by atoms with Crippen LogP contribution in [0.1, 0.15) is 18.3 Å². The number of nitrogens with one attached hydrogen (secondary N) is 1. The van der Waals surface area contributed by atoms with Gasteiger partial charge in [0.1, 0.15) is 5.82 Å². The molecule has 1 unspecified atom stereocenters. The van der Waals surface area contributed by atoms with E-state index < -0.39 is 0 Å². The Morgan fingerprint density at radius 3 is 3.11 bits per heavy atom. The van der Waals surface area contributed by atoms with E-state index in [9.17, 15) is 0 Å². The molecule has 1 fully saturated rings. The van der Waals surface area contributed by atoms with Gasteiger partial charge in [0.05, 0.1) is 24.2 Å². The second-order valence-electron chi connectivity index (χ2n) is 5.19. The molecule has 2 aromatic rings. The Morgan fingerprint density at radius 1 is 1.47 bits per heavy atom. The average molecular weight is 259 g/mol. The van der Waals surface area contributed by atoms with Gasteiger partial charge >= 0.3 is 0 Å². The molecule has 0 aliphatic carbocycles. The lowest BCUT2D eigenvalue weighted by molar-refractivity contribution is 0.0770. The Hall–Kier alpha value is -1.39. The molecule has 0 bridgehead atoms. The first kappa shape index (κ1) is 12.6. The maximum atomic E-state index is 5.50. The Kier molecular flexibility index (Phi) is 3.53. The standard InChI is InChI=1S/C15H21N3O/c1-3-15-17-13-9-11(4-5-14(13)18(15)2)8-12-10-19-7-6-16-12/h4-5,9,12,16H,3,6-8,10H2,1-2H3. The van der Waals surface area contributed by atoms with Gasteiger partial charge in [0, 0.05) is 26.1 Å². The number of benzene rings is 1. The topological polar surface area (TPSA) is 39.1 Å². The predicted octanol–water partition coefficient (Wildman–Crippen LogP) is 1.67. The second kappa shape index (κ2) is 5.31. The first-order valence-corrected chi connectivity index (χ1v) is 7.03. The summed E-state index contributed by atoms with van der Waals surface area (Å²) < 4.78 is 7.68. The van der Waals surface area contributed by atoms with Gasteiger partial charge in [0.2, 0.25) is 0 Å². The van der Waals surface area contributed by atoms with E-state index in [0.717, 1.165) is 43.9 Å². The average Bonchev–Trinajstić information content (AvgIpc) is 2.76. The molecule has 0 spiro atoms. The summed E-state index contributed by atoms with van der Waals surface area (Å²) in [5.41, 5.74) is 3.65. The quantitative estimate of drug-likeness (QED) is 0.911. The van der Waals surface area contributed by atoms with Crippen LogP contribution in [-0.2, 0) is 24.6 Å². The lowest BCUT2D eigenvalue weighted by Crippen LogP contribution is -2.42. The van der Waals surface area contributed by atoms with Crippen molar-refractivity contribution < 1.29 is 4.74 Å². The highest BCUT2D eigenvalue weighted by atomic mass is 16.5. The van der Waals surface area contributed by atoms with E-state index in [1.54, 1.807) is 0 Å². The Balaban J connectivity index is 1.84. The minimum absolute atomic E-state index is 0.431. The van der Waals surface area contributed by atoms with Crippen molar-refractivity contribution in [3.8, 4) is 0 Å². The molecule has 1 aromatic carbocycles. The number of morpholine rings is 1. The molecule has 2 heterocycles. The lowest BCUT2D eigenvalue weighted by atomic mass is 10.1. The van der Waals surface area contributed by atoms with E-state index in [4.69, 9.17) is 9.72 Å². The van der Waals surface area contributed by atoms with Crippen molar-refractivity contribution >= 4 is 11.0 Å². The molecule has 4 nitrogen and oxygen atoms in total. The molecule has 0 amide bonds. The molecule has 102 valence electrons. The van der Waals surface area contributed by atoms with Gasteiger partial charge in [0.15, 0.2) is 0 Å². The van der Waals surface area contributed by atoms with Gasteiger partial charge in [-0.2, -0.15) is 0 Å². The maximum absolute atomic E-state index is 5.50. The Bertz CT molecular complexity index is 570. The Morgan fingerprint density at radius 2 is 2.37 bits per heavy atom. The van der Waals surface area contributed by atoms with Crippen molar-refractivity contribution in [2.45, 2.75) is 25.8 Å². The molecule has 0 saturated carbocycles. The van der Waals surface area contributed by atoms with Crippen molar-refractivity contribution in [3.05, 3.63) is 29.6 Å². The molecule has 1 atom stereocenters. The van der Waals surface area contributed by atoms with Crippen LogP contribution in [0.4, 0.5) is 0 Å². The minimum atomic E-state index is 0.431. The van der Waals surface area contributed by atoms with Crippen LogP contribution in [0.2, 0.25) is 0 Å². The van der Waals surface area contributed by atoms with E-state index >= 15 is 0 Å². The van der Waals surface area contributed by atoms with Crippen LogP contribution in [0.25, 0.3) is 11.0 Å². The summed E-state index contributed by atoms with van der Waals surface area (Å²) in [6, 6.07) is 7.03. The number of hydrogen-bond donors (Lipinski definition) is 1. The number of rotatable bonds is 3. The van der Waals surface area contributed by atoms with Crippen LogP contribution in [0.5, 0.6) is 0 Å². The molecular weight excluding hydrogens is 238 g/mol. The third kappa shape index (κ3) is 2.51. The smallest absolute Gasteiger partial charge is 0.109 e. The summed E-state index contributed by atoms with van der Waals surface area (Å²) in [6.45, 7) is 4.73. The van der Waals surface area contributed by atoms with Crippen LogP contribution >= 0.6 is 0 Å². The molecule has 3 rings (SSSR count). The van der Waals surface area contributed by atoms with Gasteiger partial charge in [-0.15, -0.1) is 0 Å². The summed E-state index contributed by atoms with van der Waals surface area (Å²) in [4.78, 5) is 4.70. The highest BCUT2D eigenvalue weighted by molar-refractivity contribution is 5.76. The number of ether oxygens (including phenoxy) is 1. The van der Waals surface area contributed by atoms with Gasteiger partial charge in [-0.3, -0.25) is 0 Å². The number of imidazole rings is 1. The van der Waals surface area contributed by atoms with E-state index in [0.29, 0.717) is 6.04 Å². The highest BCUT2D eigenvalue weighted by Gasteiger charge is 2.14. The van der Waals surface area contributed by atoms with E-state index in [2.05, 4.69) is 42.1 Å². The summed E-state index contributed by atoms with van der Waals surface area (Å²) in [5.74, 6) is 1.14. The summed E-state index contributed by atoms with van der Waals surface area (Å²) in [5, 5.41) is 3.49. The van der Waals surface area contributed by atoms with Crippen LogP contribution in [-0.4, -0.2) is 35.4 Å². The third-order valence-corrected chi connectivity index (χ3v) is 3.83. The second-order valence-corrected chi connectivity index (χ2v) is 5.19. The van der Waals surface area contributed by atoms with Gasteiger partial charge in [-0.1, -0.05) is 13.0 Å². The van der Waals surface area contributed by atoms with Crippen LogP contribution < -0.4 is 5.32 Å². The zero-order chi connectivity index (χ0) is 13.2. The van der Waals surface area contributed by atoms with E-state index in [1.165, 1.54) is 11.1 Å².